The van der Waals surface area contributed by atoms with Crippen molar-refractivity contribution in [3.8, 4) is 5.75 Å². The number of ketones is 1. The molecule has 1 rings (SSSR count). The molecule has 0 saturated carbocycles. The molecule has 1 amide bonds. The summed E-state index contributed by atoms with van der Waals surface area (Å²) in [5, 5.41) is 2.86. The summed E-state index contributed by atoms with van der Waals surface area (Å²) in [6.45, 7) is 4.51. The van der Waals surface area contributed by atoms with Crippen LogP contribution in [-0.4, -0.2) is 30.9 Å². The van der Waals surface area contributed by atoms with E-state index in [-0.39, 0.29) is 17.2 Å². The van der Waals surface area contributed by atoms with Crippen LogP contribution in [0.2, 0.25) is 0 Å². The van der Waals surface area contributed by atoms with E-state index in [1.54, 1.807) is 31.4 Å². The zero-order chi connectivity index (χ0) is 17.3. The number of rotatable bonds is 10. The van der Waals surface area contributed by atoms with Gasteiger partial charge >= 0.3 is 0 Å². The van der Waals surface area contributed by atoms with Gasteiger partial charge in [-0.3, -0.25) is 9.59 Å². The third kappa shape index (κ3) is 6.40. The van der Waals surface area contributed by atoms with Crippen molar-refractivity contribution < 1.29 is 14.3 Å². The summed E-state index contributed by atoms with van der Waals surface area (Å²) in [5.41, 5.74) is 6.45. The quantitative estimate of drug-likeness (QED) is 0.649. The van der Waals surface area contributed by atoms with Gasteiger partial charge in [0, 0.05) is 30.5 Å². The van der Waals surface area contributed by atoms with Crippen LogP contribution in [0.3, 0.4) is 0 Å². The maximum atomic E-state index is 12.0. The van der Waals surface area contributed by atoms with Crippen LogP contribution in [0.1, 0.15) is 56.3 Å². The first-order valence-electron chi connectivity index (χ1n) is 8.17. The van der Waals surface area contributed by atoms with Crippen molar-refractivity contribution in [1.29, 1.82) is 0 Å². The molecule has 0 atom stereocenters. The summed E-state index contributed by atoms with van der Waals surface area (Å²) in [5.74, 6) is 0.707. The second kappa shape index (κ2) is 9.30. The van der Waals surface area contributed by atoms with Gasteiger partial charge in [-0.25, -0.2) is 0 Å². The molecule has 1 aromatic carbocycles. The molecule has 0 spiro atoms. The SMILES string of the molecule is CCC(N)(CC)CNC(=O)CCCC(=O)c1ccc(OC)cc1. The van der Waals surface area contributed by atoms with Gasteiger partial charge in [0.05, 0.1) is 7.11 Å². The summed E-state index contributed by atoms with van der Waals surface area (Å²) in [6.07, 6.45) is 2.87. The summed E-state index contributed by atoms with van der Waals surface area (Å²) in [7, 11) is 1.59. The van der Waals surface area contributed by atoms with E-state index in [9.17, 15) is 9.59 Å². The molecule has 0 radical (unpaired) electrons. The predicted molar refractivity (Wildman–Crippen MR) is 91.7 cm³/mol. The number of hydrogen-bond acceptors (Lipinski definition) is 4. The van der Waals surface area contributed by atoms with Crippen molar-refractivity contribution in [3.05, 3.63) is 29.8 Å². The maximum Gasteiger partial charge on any atom is 0.220 e. The van der Waals surface area contributed by atoms with Crippen LogP contribution in [0.5, 0.6) is 5.75 Å². The molecule has 23 heavy (non-hydrogen) atoms. The largest absolute Gasteiger partial charge is 0.497 e. The standard InChI is InChI=1S/C18H28N2O3/c1-4-18(19,5-2)13-20-17(22)8-6-7-16(21)14-9-11-15(23-3)12-10-14/h9-12H,4-8,13,19H2,1-3H3,(H,20,22). The minimum absolute atomic E-state index is 0.0377. The zero-order valence-corrected chi connectivity index (χ0v) is 14.4. The Kier molecular flexibility index (Phi) is 7.75. The fraction of sp³-hybridized carbons (Fsp3) is 0.556. The van der Waals surface area contributed by atoms with Crippen LogP contribution >= 0.6 is 0 Å². The average molecular weight is 320 g/mol. The first-order valence-corrected chi connectivity index (χ1v) is 8.17. The number of nitrogens with two attached hydrogens (primary N) is 1. The van der Waals surface area contributed by atoms with E-state index in [1.165, 1.54) is 0 Å². The van der Waals surface area contributed by atoms with Crippen molar-refractivity contribution in [1.82, 2.24) is 5.32 Å². The van der Waals surface area contributed by atoms with E-state index in [0.717, 1.165) is 18.6 Å². The highest BCUT2D eigenvalue weighted by Gasteiger charge is 2.20. The highest BCUT2D eigenvalue weighted by atomic mass is 16.5. The van der Waals surface area contributed by atoms with E-state index < -0.39 is 0 Å². The Labute approximate surface area is 138 Å². The van der Waals surface area contributed by atoms with Gasteiger partial charge in [0.2, 0.25) is 5.91 Å². The maximum absolute atomic E-state index is 12.0. The van der Waals surface area contributed by atoms with Gasteiger partial charge in [-0.2, -0.15) is 0 Å². The number of methoxy groups -OCH3 is 1. The average Bonchev–Trinajstić information content (AvgIpc) is 2.59. The summed E-state index contributed by atoms with van der Waals surface area (Å²) in [4.78, 5) is 23.9. The highest BCUT2D eigenvalue weighted by molar-refractivity contribution is 5.96. The number of ether oxygens (including phenoxy) is 1. The topological polar surface area (TPSA) is 81.4 Å². The van der Waals surface area contributed by atoms with Crippen LogP contribution in [0.4, 0.5) is 0 Å². The van der Waals surface area contributed by atoms with Crippen LogP contribution in [-0.2, 0) is 4.79 Å². The first kappa shape index (κ1) is 19.2. The lowest BCUT2D eigenvalue weighted by molar-refractivity contribution is -0.121. The Morgan fingerprint density at radius 1 is 1.13 bits per heavy atom. The molecule has 0 saturated heterocycles. The Hall–Kier alpha value is -1.88. The molecule has 3 N–H and O–H groups in total. The Morgan fingerprint density at radius 3 is 2.26 bits per heavy atom. The zero-order valence-electron chi connectivity index (χ0n) is 14.4. The molecule has 5 nitrogen and oxygen atoms in total. The molecule has 0 bridgehead atoms. The van der Waals surface area contributed by atoms with Gasteiger partial charge in [-0.15, -0.1) is 0 Å². The fourth-order valence-corrected chi connectivity index (χ4v) is 2.19. The molecular formula is C18H28N2O3. The van der Waals surface area contributed by atoms with Gasteiger partial charge in [0.25, 0.3) is 0 Å². The van der Waals surface area contributed by atoms with Crippen molar-refractivity contribution >= 4 is 11.7 Å². The van der Waals surface area contributed by atoms with Crippen LogP contribution in [0.15, 0.2) is 24.3 Å². The van der Waals surface area contributed by atoms with E-state index in [1.807, 2.05) is 13.8 Å². The van der Waals surface area contributed by atoms with Gasteiger partial charge in [-0.05, 0) is 43.5 Å². The lowest BCUT2D eigenvalue weighted by atomic mass is 9.94. The van der Waals surface area contributed by atoms with E-state index in [2.05, 4.69) is 5.32 Å². The molecule has 0 fully saturated rings. The second-order valence-corrected chi connectivity index (χ2v) is 5.85. The van der Waals surface area contributed by atoms with E-state index >= 15 is 0 Å². The van der Waals surface area contributed by atoms with Crippen LogP contribution in [0.25, 0.3) is 0 Å². The fourth-order valence-electron chi connectivity index (χ4n) is 2.19. The van der Waals surface area contributed by atoms with Gasteiger partial charge in [0.1, 0.15) is 5.75 Å². The number of nitrogens with one attached hydrogen (secondary N) is 1. The normalized spacial score (nSPS) is 11.1. The molecule has 0 aromatic heterocycles. The van der Waals surface area contributed by atoms with Crippen LogP contribution in [0, 0.1) is 0 Å². The van der Waals surface area contributed by atoms with Crippen molar-refractivity contribution in [3.63, 3.8) is 0 Å². The third-order valence-corrected chi connectivity index (χ3v) is 4.27. The van der Waals surface area contributed by atoms with Crippen molar-refractivity contribution in [2.75, 3.05) is 13.7 Å². The molecular weight excluding hydrogens is 292 g/mol. The lowest BCUT2D eigenvalue weighted by Gasteiger charge is -2.26. The molecule has 0 aliphatic rings. The smallest absolute Gasteiger partial charge is 0.220 e. The summed E-state index contributed by atoms with van der Waals surface area (Å²) in [6, 6.07) is 7.01. The summed E-state index contributed by atoms with van der Waals surface area (Å²) < 4.78 is 5.06. The Morgan fingerprint density at radius 2 is 1.74 bits per heavy atom. The van der Waals surface area contributed by atoms with Crippen LogP contribution < -0.4 is 15.8 Å². The lowest BCUT2D eigenvalue weighted by Crippen LogP contribution is -2.49. The number of benzene rings is 1. The summed E-state index contributed by atoms with van der Waals surface area (Å²) >= 11 is 0. The number of carbonyl (C=O) groups excluding carboxylic acids is 2. The number of amides is 1. The third-order valence-electron chi connectivity index (χ3n) is 4.27. The molecule has 1 aromatic rings. The monoisotopic (exact) mass is 320 g/mol. The first-order chi connectivity index (χ1) is 10.9. The molecule has 0 unspecified atom stereocenters. The minimum Gasteiger partial charge on any atom is -0.497 e. The molecule has 128 valence electrons. The number of carbonyl (C=O) groups is 2. The van der Waals surface area contributed by atoms with Gasteiger partial charge < -0.3 is 15.8 Å². The Bertz CT molecular complexity index is 508. The molecule has 0 aliphatic carbocycles. The second-order valence-electron chi connectivity index (χ2n) is 5.85. The number of Topliss-reactive ketones (excluding diaryl/α,β-unsaturated/α-hetero) is 1. The molecule has 5 heteroatoms. The number of hydrogen-bond donors (Lipinski definition) is 2. The minimum atomic E-state index is -0.339. The van der Waals surface area contributed by atoms with E-state index in [0.29, 0.717) is 31.4 Å². The Balaban J connectivity index is 2.32. The van der Waals surface area contributed by atoms with Gasteiger partial charge in [-0.1, -0.05) is 13.8 Å². The van der Waals surface area contributed by atoms with E-state index in [4.69, 9.17) is 10.5 Å². The predicted octanol–water partition coefficient (Wildman–Crippen LogP) is 2.68. The van der Waals surface area contributed by atoms with Crippen molar-refractivity contribution in [2.45, 2.75) is 51.5 Å². The van der Waals surface area contributed by atoms with Gasteiger partial charge in [0.15, 0.2) is 5.78 Å². The molecule has 0 aliphatic heterocycles. The van der Waals surface area contributed by atoms with Crippen molar-refractivity contribution in [2.24, 2.45) is 5.73 Å². The highest BCUT2D eigenvalue weighted by Crippen LogP contribution is 2.14. The molecule has 0 heterocycles.